The minimum Gasteiger partial charge on any atom is -0.467 e. The predicted molar refractivity (Wildman–Crippen MR) is 78.9 cm³/mol. The molecule has 1 aromatic carbocycles. The van der Waals surface area contributed by atoms with E-state index in [9.17, 15) is 9.90 Å². The van der Waals surface area contributed by atoms with E-state index < -0.39 is 6.10 Å². The summed E-state index contributed by atoms with van der Waals surface area (Å²) >= 11 is 7.19. The maximum Gasteiger partial charge on any atom is 0.230 e. The maximum atomic E-state index is 11.7. The Kier molecular flexibility index (Phi) is 5.52. The van der Waals surface area contributed by atoms with Crippen molar-refractivity contribution in [2.75, 3.05) is 12.3 Å². The first-order chi connectivity index (χ1) is 9.65. The number of aliphatic hydroxyl groups excluding tert-OH is 1. The number of amides is 1. The summed E-state index contributed by atoms with van der Waals surface area (Å²) in [5, 5.41) is 13.1. The van der Waals surface area contributed by atoms with Crippen LogP contribution in [0.25, 0.3) is 0 Å². The molecule has 0 radical (unpaired) electrons. The lowest BCUT2D eigenvalue weighted by Crippen LogP contribution is -2.29. The number of benzene rings is 1. The Morgan fingerprint density at radius 1 is 1.35 bits per heavy atom. The third-order valence-electron chi connectivity index (χ3n) is 2.55. The molecular weight excluding hydrogens is 298 g/mol. The molecule has 0 fully saturated rings. The average Bonchev–Trinajstić information content (AvgIpc) is 2.98. The summed E-state index contributed by atoms with van der Waals surface area (Å²) in [5.41, 5.74) is 0. The first-order valence-electron chi connectivity index (χ1n) is 6.01. The zero-order chi connectivity index (χ0) is 14.4. The summed E-state index contributed by atoms with van der Waals surface area (Å²) in [6, 6.07) is 10.6. The average molecular weight is 312 g/mol. The SMILES string of the molecule is O=C(CSc1ccc(Cl)cc1)NCC(O)c1ccco1. The van der Waals surface area contributed by atoms with Crippen molar-refractivity contribution in [3.63, 3.8) is 0 Å². The van der Waals surface area contributed by atoms with Crippen LogP contribution in [0.15, 0.2) is 52.0 Å². The molecule has 2 rings (SSSR count). The van der Waals surface area contributed by atoms with Crippen molar-refractivity contribution in [3.8, 4) is 0 Å². The minimum absolute atomic E-state index is 0.132. The van der Waals surface area contributed by atoms with Crippen LogP contribution in [0.4, 0.5) is 0 Å². The van der Waals surface area contributed by atoms with Crippen molar-refractivity contribution in [2.45, 2.75) is 11.0 Å². The quantitative estimate of drug-likeness (QED) is 0.805. The van der Waals surface area contributed by atoms with Gasteiger partial charge in [0, 0.05) is 9.92 Å². The first kappa shape index (κ1) is 15.0. The fourth-order valence-corrected chi connectivity index (χ4v) is 2.38. The van der Waals surface area contributed by atoms with Crippen LogP contribution in [-0.2, 0) is 4.79 Å². The van der Waals surface area contributed by atoms with E-state index >= 15 is 0 Å². The molecule has 4 nitrogen and oxygen atoms in total. The highest BCUT2D eigenvalue weighted by atomic mass is 35.5. The van der Waals surface area contributed by atoms with E-state index in [2.05, 4.69) is 5.32 Å². The number of furan rings is 1. The zero-order valence-electron chi connectivity index (χ0n) is 10.6. The molecule has 6 heteroatoms. The van der Waals surface area contributed by atoms with Crippen LogP contribution in [0, 0.1) is 0 Å². The topological polar surface area (TPSA) is 62.5 Å². The smallest absolute Gasteiger partial charge is 0.230 e. The van der Waals surface area contributed by atoms with Crippen LogP contribution in [0.5, 0.6) is 0 Å². The van der Waals surface area contributed by atoms with Crippen molar-refractivity contribution in [3.05, 3.63) is 53.4 Å². The lowest BCUT2D eigenvalue weighted by atomic mass is 10.3. The fraction of sp³-hybridized carbons (Fsp3) is 0.214. The molecule has 2 N–H and O–H groups in total. The van der Waals surface area contributed by atoms with E-state index in [0.29, 0.717) is 10.8 Å². The summed E-state index contributed by atoms with van der Waals surface area (Å²) in [5.74, 6) is 0.582. The molecule has 0 bridgehead atoms. The van der Waals surface area contributed by atoms with Gasteiger partial charge in [0.15, 0.2) is 0 Å². The summed E-state index contributed by atoms with van der Waals surface area (Å²) in [6.45, 7) is 0.132. The molecule has 0 spiro atoms. The molecule has 1 unspecified atom stereocenters. The van der Waals surface area contributed by atoms with E-state index in [0.717, 1.165) is 4.90 Å². The number of nitrogens with one attached hydrogen (secondary N) is 1. The molecule has 0 aliphatic heterocycles. The van der Waals surface area contributed by atoms with Gasteiger partial charge in [0.05, 0.1) is 18.6 Å². The number of halogens is 1. The van der Waals surface area contributed by atoms with Crippen molar-refractivity contribution < 1.29 is 14.3 Å². The number of aliphatic hydroxyl groups is 1. The monoisotopic (exact) mass is 311 g/mol. The highest BCUT2D eigenvalue weighted by Crippen LogP contribution is 2.20. The molecule has 2 aromatic rings. The Morgan fingerprint density at radius 3 is 2.75 bits per heavy atom. The van der Waals surface area contributed by atoms with Crippen LogP contribution in [0.3, 0.4) is 0 Å². The van der Waals surface area contributed by atoms with Gasteiger partial charge in [0.2, 0.25) is 5.91 Å². The van der Waals surface area contributed by atoms with Crippen LogP contribution >= 0.6 is 23.4 Å². The second-order valence-corrected chi connectivity index (χ2v) is 5.56. The Morgan fingerprint density at radius 2 is 2.10 bits per heavy atom. The van der Waals surface area contributed by atoms with Crippen molar-refractivity contribution in [1.82, 2.24) is 5.32 Å². The van der Waals surface area contributed by atoms with Crippen molar-refractivity contribution in [1.29, 1.82) is 0 Å². The summed E-state index contributed by atoms with van der Waals surface area (Å²) < 4.78 is 5.05. The lowest BCUT2D eigenvalue weighted by molar-refractivity contribution is -0.119. The summed E-state index contributed by atoms with van der Waals surface area (Å²) in [7, 11) is 0. The first-order valence-corrected chi connectivity index (χ1v) is 7.38. The summed E-state index contributed by atoms with van der Waals surface area (Å²) in [6.07, 6.45) is 0.658. The number of rotatable bonds is 6. The van der Waals surface area contributed by atoms with Gasteiger partial charge in [-0.25, -0.2) is 0 Å². The van der Waals surface area contributed by atoms with Gasteiger partial charge in [-0.05, 0) is 36.4 Å². The van der Waals surface area contributed by atoms with Gasteiger partial charge in [0.1, 0.15) is 11.9 Å². The number of carbonyl (C=O) groups is 1. The second-order valence-electron chi connectivity index (χ2n) is 4.08. The van der Waals surface area contributed by atoms with Crippen LogP contribution in [-0.4, -0.2) is 23.3 Å². The van der Waals surface area contributed by atoms with Crippen molar-refractivity contribution in [2.24, 2.45) is 0 Å². The van der Waals surface area contributed by atoms with E-state index in [1.807, 2.05) is 12.1 Å². The second kappa shape index (κ2) is 7.38. The number of hydrogen-bond donors (Lipinski definition) is 2. The van der Waals surface area contributed by atoms with Gasteiger partial charge >= 0.3 is 0 Å². The Bertz CT molecular complexity index is 542. The molecule has 106 valence electrons. The van der Waals surface area contributed by atoms with Crippen LogP contribution < -0.4 is 5.32 Å². The third kappa shape index (κ3) is 4.59. The fourth-order valence-electron chi connectivity index (χ4n) is 1.52. The molecule has 0 aliphatic rings. The van der Waals surface area contributed by atoms with Gasteiger partial charge in [0.25, 0.3) is 0 Å². The standard InChI is InChI=1S/C14H14ClNO3S/c15-10-3-5-11(6-4-10)20-9-14(18)16-8-12(17)13-2-1-7-19-13/h1-7,12,17H,8-9H2,(H,16,18). The number of carbonyl (C=O) groups excluding carboxylic acids is 1. The largest absolute Gasteiger partial charge is 0.467 e. The van der Waals surface area contributed by atoms with E-state index in [4.69, 9.17) is 16.0 Å². The molecule has 1 atom stereocenters. The molecule has 0 aliphatic carbocycles. The lowest BCUT2D eigenvalue weighted by Gasteiger charge is -2.09. The zero-order valence-corrected chi connectivity index (χ0v) is 12.2. The van der Waals surface area contributed by atoms with Gasteiger partial charge in [-0.1, -0.05) is 11.6 Å². The molecule has 1 heterocycles. The van der Waals surface area contributed by atoms with E-state index in [1.54, 1.807) is 24.3 Å². The normalized spacial score (nSPS) is 12.1. The summed E-state index contributed by atoms with van der Waals surface area (Å²) in [4.78, 5) is 12.6. The Hall–Kier alpha value is -1.43. The Labute approximate surface area is 126 Å². The maximum absolute atomic E-state index is 11.7. The van der Waals surface area contributed by atoms with Gasteiger partial charge in [-0.3, -0.25) is 4.79 Å². The van der Waals surface area contributed by atoms with E-state index in [1.165, 1.54) is 18.0 Å². The Balaban J connectivity index is 1.71. The van der Waals surface area contributed by atoms with Gasteiger partial charge in [-0.15, -0.1) is 11.8 Å². The van der Waals surface area contributed by atoms with E-state index in [-0.39, 0.29) is 18.2 Å². The molecule has 20 heavy (non-hydrogen) atoms. The molecule has 0 saturated carbocycles. The molecule has 0 saturated heterocycles. The highest BCUT2D eigenvalue weighted by molar-refractivity contribution is 8.00. The van der Waals surface area contributed by atoms with Gasteiger partial charge in [-0.2, -0.15) is 0 Å². The molecule has 1 amide bonds. The minimum atomic E-state index is -0.825. The van der Waals surface area contributed by atoms with Gasteiger partial charge < -0.3 is 14.8 Å². The number of hydrogen-bond acceptors (Lipinski definition) is 4. The number of thioether (sulfide) groups is 1. The molecular formula is C14H14ClNO3S. The molecule has 1 aromatic heterocycles. The third-order valence-corrected chi connectivity index (χ3v) is 3.81. The van der Waals surface area contributed by atoms with Crippen LogP contribution in [0.1, 0.15) is 11.9 Å². The predicted octanol–water partition coefficient (Wildman–Crippen LogP) is 2.87. The van der Waals surface area contributed by atoms with Crippen LogP contribution in [0.2, 0.25) is 5.02 Å². The van der Waals surface area contributed by atoms with Crippen molar-refractivity contribution >= 4 is 29.3 Å². The highest BCUT2D eigenvalue weighted by Gasteiger charge is 2.11.